The van der Waals surface area contributed by atoms with Crippen LogP contribution in [0.1, 0.15) is 30.5 Å². The third kappa shape index (κ3) is 3.40. The van der Waals surface area contributed by atoms with Crippen LogP contribution in [0.25, 0.3) is 71.3 Å². The summed E-state index contributed by atoms with van der Waals surface area (Å²) in [7, 11) is 0. The van der Waals surface area contributed by atoms with E-state index in [0.717, 1.165) is 0 Å². The normalized spacial score (nSPS) is 13.7. The molecule has 0 unspecified atom stereocenters. The van der Waals surface area contributed by atoms with E-state index in [1.807, 2.05) is 0 Å². The van der Waals surface area contributed by atoms with E-state index in [1.54, 1.807) is 0 Å². The first-order chi connectivity index (χ1) is 21.0. The van der Waals surface area contributed by atoms with Crippen LogP contribution in [0.3, 0.4) is 0 Å². The number of benzene rings is 7. The van der Waals surface area contributed by atoms with Gasteiger partial charge in [0.2, 0.25) is 0 Å². The van der Waals surface area contributed by atoms with Gasteiger partial charge in [0.1, 0.15) is 0 Å². The molecule has 204 valence electrons. The van der Waals surface area contributed by atoms with Gasteiger partial charge in [0.05, 0.1) is 16.7 Å². The molecule has 8 aromatic rings. The minimum Gasteiger partial charge on any atom is -0.309 e. The van der Waals surface area contributed by atoms with E-state index in [9.17, 15) is 0 Å². The van der Waals surface area contributed by atoms with Gasteiger partial charge in [-0.25, -0.2) is 0 Å². The predicted octanol–water partition coefficient (Wildman–Crippen LogP) is 11.4. The molecule has 1 heteroatoms. The smallest absolute Gasteiger partial charge is 0.0546 e. The number of aryl methyl sites for hydroxylation is 1. The monoisotopic (exact) mass is 549 g/mol. The van der Waals surface area contributed by atoms with E-state index in [2.05, 4.69) is 159 Å². The van der Waals surface area contributed by atoms with Gasteiger partial charge in [-0.15, -0.1) is 0 Å². The lowest BCUT2D eigenvalue weighted by Crippen LogP contribution is -2.15. The van der Waals surface area contributed by atoms with Crippen LogP contribution in [0.5, 0.6) is 0 Å². The Bertz CT molecular complexity index is 2420. The molecule has 0 saturated carbocycles. The molecule has 1 nitrogen and oxygen atoms in total. The van der Waals surface area contributed by atoms with Crippen LogP contribution in [-0.2, 0) is 5.41 Å². The zero-order valence-corrected chi connectivity index (χ0v) is 24.6. The molecule has 0 fully saturated rings. The molecule has 0 spiro atoms. The van der Waals surface area contributed by atoms with E-state index in [-0.39, 0.29) is 5.41 Å². The summed E-state index contributed by atoms with van der Waals surface area (Å²) >= 11 is 0. The Morgan fingerprint density at radius 2 is 1.14 bits per heavy atom. The summed E-state index contributed by atoms with van der Waals surface area (Å²) in [6.07, 6.45) is 0. The summed E-state index contributed by atoms with van der Waals surface area (Å²) < 4.78 is 2.53. The topological polar surface area (TPSA) is 4.93 Å². The van der Waals surface area contributed by atoms with E-state index in [0.29, 0.717) is 0 Å². The summed E-state index contributed by atoms with van der Waals surface area (Å²) in [5, 5.41) is 7.70. The average molecular weight is 550 g/mol. The number of nitrogens with zero attached hydrogens (tertiary/aromatic N) is 1. The highest BCUT2D eigenvalue weighted by Crippen LogP contribution is 2.51. The molecule has 0 bridgehead atoms. The van der Waals surface area contributed by atoms with Crippen LogP contribution in [-0.4, -0.2) is 4.57 Å². The van der Waals surface area contributed by atoms with Gasteiger partial charge in [-0.2, -0.15) is 0 Å². The molecule has 0 saturated heterocycles. The molecule has 0 atom stereocenters. The van der Waals surface area contributed by atoms with Crippen LogP contribution in [0, 0.1) is 6.92 Å². The van der Waals surface area contributed by atoms with Gasteiger partial charge >= 0.3 is 0 Å². The first kappa shape index (κ1) is 24.5. The first-order valence-electron chi connectivity index (χ1n) is 15.2. The third-order valence-corrected chi connectivity index (χ3v) is 9.84. The highest BCUT2D eigenvalue weighted by atomic mass is 15.0. The van der Waals surface area contributed by atoms with Crippen molar-refractivity contribution in [1.82, 2.24) is 4.57 Å². The van der Waals surface area contributed by atoms with Crippen molar-refractivity contribution in [3.05, 3.63) is 150 Å². The molecule has 0 radical (unpaired) electrons. The maximum absolute atomic E-state index is 2.53. The molecule has 0 N–H and O–H groups in total. The molecular weight excluding hydrogens is 518 g/mol. The van der Waals surface area contributed by atoms with Crippen molar-refractivity contribution in [3.8, 4) is 27.9 Å². The van der Waals surface area contributed by atoms with E-state index < -0.39 is 0 Å². The molecule has 1 aliphatic carbocycles. The Kier molecular flexibility index (Phi) is 4.94. The van der Waals surface area contributed by atoms with Gasteiger partial charge in [-0.1, -0.05) is 123 Å². The lowest BCUT2D eigenvalue weighted by Gasteiger charge is -2.22. The van der Waals surface area contributed by atoms with E-state index in [4.69, 9.17) is 0 Å². The van der Waals surface area contributed by atoms with Crippen molar-refractivity contribution >= 4 is 43.4 Å². The van der Waals surface area contributed by atoms with Crippen LogP contribution in [0.4, 0.5) is 0 Å². The van der Waals surface area contributed by atoms with E-state index >= 15 is 0 Å². The predicted molar refractivity (Wildman–Crippen MR) is 184 cm³/mol. The first-order valence-corrected chi connectivity index (χ1v) is 15.2. The Hall–Kier alpha value is -5.14. The third-order valence-electron chi connectivity index (χ3n) is 9.84. The van der Waals surface area contributed by atoms with Crippen molar-refractivity contribution in [2.45, 2.75) is 26.2 Å². The van der Waals surface area contributed by atoms with Gasteiger partial charge in [-0.05, 0) is 86.8 Å². The van der Waals surface area contributed by atoms with Gasteiger partial charge in [-0.3, -0.25) is 0 Å². The fourth-order valence-electron chi connectivity index (χ4n) is 7.62. The number of hydrogen-bond acceptors (Lipinski definition) is 0. The molecular formula is C42H31N. The molecule has 43 heavy (non-hydrogen) atoms. The summed E-state index contributed by atoms with van der Waals surface area (Å²) in [5.74, 6) is 0. The minimum absolute atomic E-state index is 0.0695. The molecule has 1 aliphatic rings. The van der Waals surface area contributed by atoms with Crippen molar-refractivity contribution in [2.24, 2.45) is 0 Å². The second kappa shape index (κ2) is 8.69. The summed E-state index contributed by atoms with van der Waals surface area (Å²) in [6, 6.07) is 49.9. The van der Waals surface area contributed by atoms with E-state index in [1.165, 1.54) is 88.0 Å². The number of aromatic nitrogens is 1. The summed E-state index contributed by atoms with van der Waals surface area (Å²) in [4.78, 5) is 0. The molecule has 7 aromatic carbocycles. The Labute approximate surface area is 251 Å². The van der Waals surface area contributed by atoms with Crippen LogP contribution in [0.2, 0.25) is 0 Å². The lowest BCUT2D eigenvalue weighted by molar-refractivity contribution is 0.661. The van der Waals surface area contributed by atoms with Gasteiger partial charge in [0.15, 0.2) is 0 Å². The zero-order chi connectivity index (χ0) is 28.9. The minimum atomic E-state index is -0.0695. The van der Waals surface area contributed by atoms with Crippen molar-refractivity contribution < 1.29 is 0 Å². The molecule has 0 aliphatic heterocycles. The zero-order valence-electron chi connectivity index (χ0n) is 24.6. The molecule has 9 rings (SSSR count). The van der Waals surface area contributed by atoms with Gasteiger partial charge in [0.25, 0.3) is 0 Å². The van der Waals surface area contributed by atoms with Crippen molar-refractivity contribution in [3.63, 3.8) is 0 Å². The second-order valence-corrected chi connectivity index (χ2v) is 12.7. The highest BCUT2D eigenvalue weighted by Gasteiger charge is 2.36. The van der Waals surface area contributed by atoms with Gasteiger partial charge in [0, 0.05) is 21.6 Å². The Balaban J connectivity index is 1.44. The van der Waals surface area contributed by atoms with Crippen molar-refractivity contribution in [1.29, 1.82) is 0 Å². The van der Waals surface area contributed by atoms with Crippen LogP contribution >= 0.6 is 0 Å². The highest BCUT2D eigenvalue weighted by molar-refractivity contribution is 6.16. The van der Waals surface area contributed by atoms with Crippen molar-refractivity contribution in [2.75, 3.05) is 0 Å². The molecule has 1 heterocycles. The largest absolute Gasteiger partial charge is 0.309 e. The number of hydrogen-bond donors (Lipinski definition) is 0. The number of rotatable bonds is 2. The fraction of sp³-hybridized carbons (Fsp3) is 0.0952. The summed E-state index contributed by atoms with van der Waals surface area (Å²) in [5.41, 5.74) is 12.9. The SMILES string of the molecule is Cc1ccc(-c2ccc3c(c2)c2cc4c(cc2n3-c2cc3ccccc3c3ccccc23)C(C)(C)c2ccccc2-4)cc1. The molecule has 1 aromatic heterocycles. The summed E-state index contributed by atoms with van der Waals surface area (Å²) in [6.45, 7) is 6.89. The fourth-order valence-corrected chi connectivity index (χ4v) is 7.62. The van der Waals surface area contributed by atoms with Crippen LogP contribution < -0.4 is 0 Å². The molecule has 0 amide bonds. The number of fused-ring (bicyclic) bond motifs is 9. The Morgan fingerprint density at radius 3 is 1.98 bits per heavy atom. The van der Waals surface area contributed by atoms with Crippen LogP contribution in [0.15, 0.2) is 133 Å². The van der Waals surface area contributed by atoms with Gasteiger partial charge < -0.3 is 4.57 Å². The maximum Gasteiger partial charge on any atom is 0.0546 e. The average Bonchev–Trinajstić information content (AvgIpc) is 3.48. The quantitative estimate of drug-likeness (QED) is 0.189. The Morgan fingerprint density at radius 1 is 0.465 bits per heavy atom. The second-order valence-electron chi connectivity index (χ2n) is 12.7. The lowest BCUT2D eigenvalue weighted by atomic mass is 9.82. The standard InChI is InChI=1S/C42H31N/c1-26-16-18-27(19-17-26)28-20-21-39-35(22-28)36-24-34-32-13-8-9-15-37(32)42(2,3)38(34)25-41(36)43(39)40-23-29-10-4-5-11-30(29)31-12-6-7-14-33(31)40/h4-25H,1-3H3. The maximum atomic E-state index is 2.53.